The number of aliphatic hydroxyl groups excluding tert-OH is 1. The molecule has 3 rings (SSSR count). The van der Waals surface area contributed by atoms with Crippen LogP contribution in [0.3, 0.4) is 0 Å². The van der Waals surface area contributed by atoms with Crippen LogP contribution in [0, 0.1) is 0 Å². The van der Waals surface area contributed by atoms with Crippen LogP contribution in [0.25, 0.3) is 5.65 Å². The van der Waals surface area contributed by atoms with Crippen molar-refractivity contribution >= 4 is 11.6 Å². The van der Waals surface area contributed by atoms with E-state index in [2.05, 4.69) is 10.1 Å². The number of hydrogen-bond donors (Lipinski definition) is 1. The van der Waals surface area contributed by atoms with Crippen LogP contribution in [0.1, 0.15) is 28.4 Å². The van der Waals surface area contributed by atoms with Crippen molar-refractivity contribution in [3.8, 4) is 5.75 Å². The summed E-state index contributed by atoms with van der Waals surface area (Å²) in [4.78, 5) is 19.0. The number of nitrogens with zero attached hydrogens (tertiary/aromatic N) is 4. The molecule has 1 unspecified atom stereocenters. The van der Waals surface area contributed by atoms with Crippen LogP contribution in [0.5, 0.6) is 5.75 Å². The molecule has 1 atom stereocenters. The lowest BCUT2D eigenvalue weighted by molar-refractivity contribution is 0.0744. The Bertz CT molecular complexity index is 938. The number of methoxy groups -OCH3 is 1. The van der Waals surface area contributed by atoms with Crippen molar-refractivity contribution in [3.05, 3.63) is 59.5 Å². The van der Waals surface area contributed by atoms with E-state index in [4.69, 9.17) is 9.84 Å². The molecule has 2 heterocycles. The SMILES string of the molecule is COc1ccccc1CC(C)N(C)C(=O)c1cnn2cc(CCO)cnc12. The zero-order chi connectivity index (χ0) is 19.4. The van der Waals surface area contributed by atoms with Gasteiger partial charge in [-0.3, -0.25) is 4.79 Å². The summed E-state index contributed by atoms with van der Waals surface area (Å²) >= 11 is 0. The first kappa shape index (κ1) is 18.8. The van der Waals surface area contributed by atoms with E-state index in [1.807, 2.05) is 31.2 Å². The van der Waals surface area contributed by atoms with Crippen molar-refractivity contribution in [3.63, 3.8) is 0 Å². The maximum atomic E-state index is 13.0. The van der Waals surface area contributed by atoms with Gasteiger partial charge in [0.2, 0.25) is 0 Å². The second-order valence-corrected chi connectivity index (χ2v) is 6.54. The van der Waals surface area contributed by atoms with Crippen LogP contribution >= 0.6 is 0 Å². The zero-order valence-corrected chi connectivity index (χ0v) is 15.8. The first-order chi connectivity index (χ1) is 13.0. The molecule has 0 spiro atoms. The van der Waals surface area contributed by atoms with Crippen LogP contribution in [0.4, 0.5) is 0 Å². The number of rotatable bonds is 7. The zero-order valence-electron chi connectivity index (χ0n) is 15.8. The van der Waals surface area contributed by atoms with Gasteiger partial charge in [-0.2, -0.15) is 5.10 Å². The Morgan fingerprint density at radius 3 is 2.85 bits per heavy atom. The highest BCUT2D eigenvalue weighted by atomic mass is 16.5. The molecule has 0 aliphatic carbocycles. The number of benzene rings is 1. The van der Waals surface area contributed by atoms with Gasteiger partial charge in [-0.05, 0) is 37.0 Å². The molecule has 7 heteroatoms. The third kappa shape index (κ3) is 3.93. The number of likely N-dealkylation sites (N-methyl/N-ethyl adjacent to an activating group) is 1. The van der Waals surface area contributed by atoms with Gasteiger partial charge in [0, 0.05) is 32.1 Å². The third-order valence-electron chi connectivity index (χ3n) is 4.73. The smallest absolute Gasteiger partial charge is 0.259 e. The molecular weight excluding hydrogens is 344 g/mol. The average Bonchev–Trinajstić information content (AvgIpc) is 3.10. The number of carbonyl (C=O) groups is 1. The Morgan fingerprint density at radius 2 is 2.11 bits per heavy atom. The third-order valence-corrected chi connectivity index (χ3v) is 4.73. The van der Waals surface area contributed by atoms with Crippen molar-refractivity contribution in [2.45, 2.75) is 25.8 Å². The minimum Gasteiger partial charge on any atom is -0.496 e. The van der Waals surface area contributed by atoms with Crippen molar-refractivity contribution in [1.29, 1.82) is 0 Å². The summed E-state index contributed by atoms with van der Waals surface area (Å²) in [5.41, 5.74) is 2.89. The molecule has 27 heavy (non-hydrogen) atoms. The molecule has 0 bridgehead atoms. The molecule has 3 aromatic rings. The Hall–Kier alpha value is -2.93. The lowest BCUT2D eigenvalue weighted by atomic mass is 10.0. The lowest BCUT2D eigenvalue weighted by Crippen LogP contribution is -2.36. The van der Waals surface area contributed by atoms with E-state index in [0.29, 0.717) is 24.1 Å². The molecule has 7 nitrogen and oxygen atoms in total. The molecule has 1 aromatic carbocycles. The summed E-state index contributed by atoms with van der Waals surface area (Å²) in [6.45, 7) is 2.05. The fourth-order valence-corrected chi connectivity index (χ4v) is 3.04. The van der Waals surface area contributed by atoms with Crippen LogP contribution < -0.4 is 4.74 Å². The highest BCUT2D eigenvalue weighted by molar-refractivity contribution is 5.99. The number of ether oxygens (including phenoxy) is 1. The topological polar surface area (TPSA) is 80.0 Å². The molecule has 0 aliphatic heterocycles. The maximum Gasteiger partial charge on any atom is 0.259 e. The minimum absolute atomic E-state index is 0.0302. The molecule has 142 valence electrons. The molecule has 1 amide bonds. The Kier molecular flexibility index (Phi) is 5.71. The van der Waals surface area contributed by atoms with E-state index in [0.717, 1.165) is 16.9 Å². The molecule has 0 aliphatic rings. The van der Waals surface area contributed by atoms with Crippen LogP contribution in [-0.4, -0.2) is 57.3 Å². The molecule has 0 fully saturated rings. The molecule has 0 radical (unpaired) electrons. The van der Waals surface area contributed by atoms with Gasteiger partial charge >= 0.3 is 0 Å². The number of aliphatic hydroxyl groups is 1. The van der Waals surface area contributed by atoms with Gasteiger partial charge in [-0.1, -0.05) is 18.2 Å². The van der Waals surface area contributed by atoms with E-state index in [1.165, 1.54) is 0 Å². The summed E-state index contributed by atoms with van der Waals surface area (Å²) in [5.74, 6) is 0.689. The number of amides is 1. The second-order valence-electron chi connectivity index (χ2n) is 6.54. The van der Waals surface area contributed by atoms with Crippen LogP contribution in [-0.2, 0) is 12.8 Å². The first-order valence-corrected chi connectivity index (χ1v) is 8.87. The number of aromatic nitrogens is 3. The summed E-state index contributed by atoms with van der Waals surface area (Å²) in [6.07, 6.45) is 6.18. The van der Waals surface area contributed by atoms with Crippen molar-refractivity contribution in [2.24, 2.45) is 0 Å². The van der Waals surface area contributed by atoms with Gasteiger partial charge in [-0.25, -0.2) is 9.50 Å². The van der Waals surface area contributed by atoms with Crippen molar-refractivity contribution in [2.75, 3.05) is 20.8 Å². The summed E-state index contributed by atoms with van der Waals surface area (Å²) < 4.78 is 6.98. The molecule has 0 saturated carbocycles. The number of fused-ring (bicyclic) bond motifs is 1. The molecular formula is C20H24N4O3. The Balaban J connectivity index is 1.79. The Morgan fingerprint density at radius 1 is 1.33 bits per heavy atom. The van der Waals surface area contributed by atoms with Gasteiger partial charge in [0.15, 0.2) is 5.65 Å². The summed E-state index contributed by atoms with van der Waals surface area (Å²) in [5, 5.41) is 13.3. The molecule has 2 aromatic heterocycles. The van der Waals surface area contributed by atoms with Gasteiger partial charge < -0.3 is 14.7 Å². The fourth-order valence-electron chi connectivity index (χ4n) is 3.04. The van der Waals surface area contributed by atoms with Crippen LogP contribution in [0.2, 0.25) is 0 Å². The molecule has 1 N–H and O–H groups in total. The quantitative estimate of drug-likeness (QED) is 0.690. The van der Waals surface area contributed by atoms with Gasteiger partial charge in [0.05, 0.1) is 13.3 Å². The van der Waals surface area contributed by atoms with E-state index in [9.17, 15) is 4.79 Å². The first-order valence-electron chi connectivity index (χ1n) is 8.87. The predicted molar refractivity (Wildman–Crippen MR) is 102 cm³/mol. The molecule has 0 saturated heterocycles. The number of para-hydroxylation sites is 1. The van der Waals surface area contributed by atoms with Gasteiger partial charge in [0.1, 0.15) is 11.3 Å². The summed E-state index contributed by atoms with van der Waals surface area (Å²) in [7, 11) is 3.43. The van der Waals surface area contributed by atoms with Gasteiger partial charge in [-0.15, -0.1) is 0 Å². The highest BCUT2D eigenvalue weighted by Crippen LogP contribution is 2.21. The van der Waals surface area contributed by atoms with E-state index >= 15 is 0 Å². The van der Waals surface area contributed by atoms with E-state index < -0.39 is 0 Å². The normalized spacial score (nSPS) is 12.1. The predicted octanol–water partition coefficient (Wildman–Crippen LogP) is 1.98. The standard InChI is InChI=1S/C20H24N4O3/c1-14(10-16-6-4-5-7-18(16)27-3)23(2)20(26)17-12-22-24-13-15(8-9-25)11-21-19(17)24/h4-7,11-14,25H,8-10H2,1-3H3. The highest BCUT2D eigenvalue weighted by Gasteiger charge is 2.22. The average molecular weight is 368 g/mol. The minimum atomic E-state index is -0.130. The van der Waals surface area contributed by atoms with Crippen LogP contribution in [0.15, 0.2) is 42.9 Å². The van der Waals surface area contributed by atoms with E-state index in [1.54, 1.807) is 42.2 Å². The summed E-state index contributed by atoms with van der Waals surface area (Å²) in [6, 6.07) is 7.79. The van der Waals surface area contributed by atoms with Gasteiger partial charge in [0.25, 0.3) is 5.91 Å². The maximum absolute atomic E-state index is 13.0. The monoisotopic (exact) mass is 368 g/mol. The number of hydrogen-bond acceptors (Lipinski definition) is 5. The number of carbonyl (C=O) groups excluding carboxylic acids is 1. The van der Waals surface area contributed by atoms with Crippen molar-refractivity contribution in [1.82, 2.24) is 19.5 Å². The fraction of sp³-hybridized carbons (Fsp3) is 0.350. The Labute approximate surface area is 158 Å². The lowest BCUT2D eigenvalue weighted by Gasteiger charge is -2.25. The van der Waals surface area contributed by atoms with Crippen molar-refractivity contribution < 1.29 is 14.6 Å². The van der Waals surface area contributed by atoms with E-state index in [-0.39, 0.29) is 18.6 Å². The second kappa shape index (κ2) is 8.18. The largest absolute Gasteiger partial charge is 0.496 e.